The number of alkyl halides is 3. The predicted molar refractivity (Wildman–Crippen MR) is 96.1 cm³/mol. The van der Waals surface area contributed by atoms with Gasteiger partial charge in [-0.1, -0.05) is 18.2 Å². The molecule has 2 aromatic rings. The first-order valence-corrected chi connectivity index (χ1v) is 8.63. The fourth-order valence-corrected chi connectivity index (χ4v) is 2.60. The van der Waals surface area contributed by atoms with Gasteiger partial charge in [-0.3, -0.25) is 9.59 Å². The van der Waals surface area contributed by atoms with Gasteiger partial charge in [0.15, 0.2) is 0 Å². The van der Waals surface area contributed by atoms with Crippen molar-refractivity contribution < 1.29 is 27.2 Å². The van der Waals surface area contributed by atoms with Crippen molar-refractivity contribution in [2.24, 2.45) is 0 Å². The van der Waals surface area contributed by atoms with Crippen LogP contribution in [0.3, 0.4) is 0 Å². The number of amides is 2. The van der Waals surface area contributed by atoms with E-state index in [4.69, 9.17) is 0 Å². The molecule has 2 amide bonds. The van der Waals surface area contributed by atoms with E-state index >= 15 is 0 Å². The number of carbonyl (C=O) groups excluding carboxylic acids is 2. The zero-order valence-electron chi connectivity index (χ0n) is 15.2. The van der Waals surface area contributed by atoms with E-state index in [1.165, 1.54) is 17.9 Å². The number of benzene rings is 2. The molecule has 2 rings (SSSR count). The third kappa shape index (κ3) is 6.07. The van der Waals surface area contributed by atoms with E-state index in [2.05, 4.69) is 5.32 Å². The second-order valence-corrected chi connectivity index (χ2v) is 6.18. The van der Waals surface area contributed by atoms with Crippen LogP contribution in [0.25, 0.3) is 0 Å². The monoisotopic (exact) mass is 396 g/mol. The van der Waals surface area contributed by atoms with Crippen molar-refractivity contribution in [3.8, 4) is 0 Å². The quantitative estimate of drug-likeness (QED) is 0.726. The molecule has 28 heavy (non-hydrogen) atoms. The number of nitrogens with zero attached hydrogens (tertiary/aromatic N) is 1. The van der Waals surface area contributed by atoms with Crippen molar-refractivity contribution in [3.63, 3.8) is 0 Å². The highest BCUT2D eigenvalue weighted by Gasteiger charge is 2.30. The van der Waals surface area contributed by atoms with Crippen molar-refractivity contribution in [3.05, 3.63) is 71.0 Å². The standard InChI is InChI=1S/C20H20F4N2O2/c1-14(27)26(12-10-15-4-2-3-5-18(15)21)13-11-25-19(28)16-6-8-17(9-7-16)20(22,23)24/h2-9H,10-13H2,1H3,(H,25,28). The van der Waals surface area contributed by atoms with Crippen molar-refractivity contribution >= 4 is 11.8 Å². The van der Waals surface area contributed by atoms with E-state index in [-0.39, 0.29) is 36.9 Å². The molecule has 0 saturated heterocycles. The van der Waals surface area contributed by atoms with Gasteiger partial charge in [-0.15, -0.1) is 0 Å². The van der Waals surface area contributed by atoms with Gasteiger partial charge in [0.25, 0.3) is 5.91 Å². The van der Waals surface area contributed by atoms with Crippen LogP contribution in [0.15, 0.2) is 48.5 Å². The number of carbonyl (C=O) groups is 2. The van der Waals surface area contributed by atoms with Gasteiger partial charge in [-0.25, -0.2) is 4.39 Å². The highest BCUT2D eigenvalue weighted by molar-refractivity contribution is 5.94. The summed E-state index contributed by atoms with van der Waals surface area (Å²) in [5.41, 5.74) is -0.253. The number of hydrogen-bond donors (Lipinski definition) is 1. The third-order valence-electron chi connectivity index (χ3n) is 4.20. The van der Waals surface area contributed by atoms with Crippen LogP contribution in [0.5, 0.6) is 0 Å². The zero-order valence-corrected chi connectivity index (χ0v) is 15.2. The van der Waals surface area contributed by atoms with E-state index < -0.39 is 17.6 Å². The van der Waals surface area contributed by atoms with Gasteiger partial charge < -0.3 is 10.2 Å². The van der Waals surface area contributed by atoms with Crippen LogP contribution in [0.1, 0.15) is 28.4 Å². The van der Waals surface area contributed by atoms with E-state index in [1.54, 1.807) is 18.2 Å². The Labute approximate surface area is 160 Å². The average Bonchev–Trinajstić information content (AvgIpc) is 2.64. The molecule has 0 aromatic heterocycles. The Morgan fingerprint density at radius 1 is 1.00 bits per heavy atom. The zero-order chi connectivity index (χ0) is 20.7. The Morgan fingerprint density at radius 2 is 1.64 bits per heavy atom. The molecule has 0 spiro atoms. The number of halogens is 4. The summed E-state index contributed by atoms with van der Waals surface area (Å²) < 4.78 is 51.3. The molecule has 4 nitrogen and oxygen atoms in total. The van der Waals surface area contributed by atoms with Gasteiger partial charge in [-0.2, -0.15) is 13.2 Å². The lowest BCUT2D eigenvalue weighted by atomic mass is 10.1. The fourth-order valence-electron chi connectivity index (χ4n) is 2.60. The lowest BCUT2D eigenvalue weighted by Gasteiger charge is -2.21. The van der Waals surface area contributed by atoms with Crippen LogP contribution in [0.4, 0.5) is 17.6 Å². The van der Waals surface area contributed by atoms with Gasteiger partial charge in [0.2, 0.25) is 5.91 Å². The summed E-state index contributed by atoms with van der Waals surface area (Å²) in [6, 6.07) is 10.1. The summed E-state index contributed by atoms with van der Waals surface area (Å²) in [6.07, 6.45) is -4.13. The Bertz CT molecular complexity index is 820. The molecule has 1 N–H and O–H groups in total. The molecular formula is C20H20F4N2O2. The SMILES string of the molecule is CC(=O)N(CCNC(=O)c1ccc(C(F)(F)F)cc1)CCc1ccccc1F. The van der Waals surface area contributed by atoms with Crippen LogP contribution in [0.2, 0.25) is 0 Å². The van der Waals surface area contributed by atoms with Crippen molar-refractivity contribution in [1.29, 1.82) is 0 Å². The molecule has 0 radical (unpaired) electrons. The highest BCUT2D eigenvalue weighted by Crippen LogP contribution is 2.29. The summed E-state index contributed by atoms with van der Waals surface area (Å²) in [7, 11) is 0. The van der Waals surface area contributed by atoms with Gasteiger partial charge in [0, 0.05) is 32.1 Å². The normalized spacial score (nSPS) is 11.2. The number of hydrogen-bond acceptors (Lipinski definition) is 2. The summed E-state index contributed by atoms with van der Waals surface area (Å²) in [5, 5.41) is 2.56. The second kappa shape index (κ2) is 9.34. The molecule has 0 fully saturated rings. The molecule has 2 aromatic carbocycles. The largest absolute Gasteiger partial charge is 0.416 e. The number of nitrogens with one attached hydrogen (secondary N) is 1. The van der Waals surface area contributed by atoms with Crippen LogP contribution in [-0.2, 0) is 17.4 Å². The summed E-state index contributed by atoms with van der Waals surface area (Å²) in [6.45, 7) is 1.98. The average molecular weight is 396 g/mol. The minimum atomic E-state index is -4.46. The van der Waals surface area contributed by atoms with E-state index in [0.717, 1.165) is 24.3 Å². The molecule has 0 bridgehead atoms. The molecule has 0 atom stereocenters. The first-order chi connectivity index (χ1) is 13.2. The molecule has 150 valence electrons. The molecule has 0 aliphatic heterocycles. The van der Waals surface area contributed by atoms with Gasteiger partial charge in [-0.05, 0) is 42.3 Å². The third-order valence-corrected chi connectivity index (χ3v) is 4.20. The molecule has 8 heteroatoms. The topological polar surface area (TPSA) is 49.4 Å². The summed E-state index contributed by atoms with van der Waals surface area (Å²) in [4.78, 5) is 25.2. The first-order valence-electron chi connectivity index (χ1n) is 8.63. The summed E-state index contributed by atoms with van der Waals surface area (Å²) in [5.74, 6) is -1.10. The van der Waals surface area contributed by atoms with Gasteiger partial charge >= 0.3 is 6.18 Å². The van der Waals surface area contributed by atoms with Gasteiger partial charge in [0.1, 0.15) is 5.82 Å². The Hall–Kier alpha value is -2.90. The lowest BCUT2D eigenvalue weighted by molar-refractivity contribution is -0.137. The molecule has 0 aliphatic carbocycles. The second-order valence-electron chi connectivity index (χ2n) is 6.18. The molecule has 0 aliphatic rings. The molecule has 0 saturated carbocycles. The van der Waals surface area contributed by atoms with Crippen LogP contribution < -0.4 is 5.32 Å². The number of rotatable bonds is 7. The van der Waals surface area contributed by atoms with Crippen molar-refractivity contribution in [2.75, 3.05) is 19.6 Å². The minimum Gasteiger partial charge on any atom is -0.350 e. The van der Waals surface area contributed by atoms with Gasteiger partial charge in [0.05, 0.1) is 5.56 Å². The molecular weight excluding hydrogens is 376 g/mol. The maximum absolute atomic E-state index is 13.7. The van der Waals surface area contributed by atoms with Crippen LogP contribution >= 0.6 is 0 Å². The maximum Gasteiger partial charge on any atom is 0.416 e. The fraction of sp³-hybridized carbons (Fsp3) is 0.300. The van der Waals surface area contributed by atoms with Crippen LogP contribution in [0, 0.1) is 5.82 Å². The van der Waals surface area contributed by atoms with Crippen molar-refractivity contribution in [1.82, 2.24) is 10.2 Å². The van der Waals surface area contributed by atoms with E-state index in [1.807, 2.05) is 0 Å². The van der Waals surface area contributed by atoms with E-state index in [0.29, 0.717) is 12.0 Å². The lowest BCUT2D eigenvalue weighted by Crippen LogP contribution is -2.38. The Balaban J connectivity index is 1.86. The Kier molecular flexibility index (Phi) is 7.14. The summed E-state index contributed by atoms with van der Waals surface area (Å²) >= 11 is 0. The minimum absolute atomic E-state index is 0.0914. The van der Waals surface area contributed by atoms with E-state index in [9.17, 15) is 27.2 Å². The Morgan fingerprint density at radius 3 is 2.21 bits per heavy atom. The highest BCUT2D eigenvalue weighted by atomic mass is 19.4. The maximum atomic E-state index is 13.7. The van der Waals surface area contributed by atoms with Crippen LogP contribution in [-0.4, -0.2) is 36.3 Å². The molecule has 0 heterocycles. The predicted octanol–water partition coefficient (Wildman–Crippen LogP) is 3.67. The molecule has 0 unspecified atom stereocenters. The first kappa shape index (κ1) is 21.4. The smallest absolute Gasteiger partial charge is 0.350 e. The van der Waals surface area contributed by atoms with Crippen molar-refractivity contribution in [2.45, 2.75) is 19.5 Å².